The molecule has 4 N–H and O–H groups in total. The third-order valence-electron chi connectivity index (χ3n) is 9.00. The number of nitrogens with two attached hydrogens (primary N) is 1. The van der Waals surface area contributed by atoms with Crippen LogP contribution in [0.25, 0.3) is 0 Å². The summed E-state index contributed by atoms with van der Waals surface area (Å²) in [5, 5.41) is 6.80. The van der Waals surface area contributed by atoms with E-state index >= 15 is 0 Å². The fourth-order valence-electron chi connectivity index (χ4n) is 5.78. The Balaban J connectivity index is 0.000000734. The molecule has 1 aromatic rings. The minimum Gasteiger partial charge on any atom is -0.403 e. The van der Waals surface area contributed by atoms with Gasteiger partial charge in [-0.1, -0.05) is 64.8 Å². The van der Waals surface area contributed by atoms with Gasteiger partial charge in [0.2, 0.25) is 0 Å². The summed E-state index contributed by atoms with van der Waals surface area (Å²) in [4.78, 5) is 4.39. The van der Waals surface area contributed by atoms with Crippen LogP contribution in [-0.4, -0.2) is 11.8 Å². The highest BCUT2D eigenvalue weighted by Gasteiger charge is 2.51. The summed E-state index contributed by atoms with van der Waals surface area (Å²) in [7, 11) is 0. The van der Waals surface area contributed by atoms with Gasteiger partial charge in [0.05, 0.1) is 11.4 Å². The number of hydrogen-bond acceptors (Lipinski definition) is 4. The van der Waals surface area contributed by atoms with E-state index in [9.17, 15) is 4.39 Å². The molecule has 1 atom stereocenters. The molecule has 3 fully saturated rings. The number of hydrogen-bond donors (Lipinski definition) is 3. The summed E-state index contributed by atoms with van der Waals surface area (Å²) in [6, 6.07) is 5.56. The quantitative estimate of drug-likeness (QED) is 0.102. The minimum atomic E-state index is -0.188. The van der Waals surface area contributed by atoms with Gasteiger partial charge in [-0.3, -0.25) is 4.99 Å². The second kappa shape index (κ2) is 19.7. The molecule has 0 aliphatic heterocycles. The molecule has 1 unspecified atom stereocenters. The molecule has 3 aliphatic carbocycles. The van der Waals surface area contributed by atoms with E-state index in [4.69, 9.17) is 5.73 Å². The fourth-order valence-corrected chi connectivity index (χ4v) is 5.78. The Morgan fingerprint density at radius 3 is 2.00 bits per heavy atom. The van der Waals surface area contributed by atoms with E-state index < -0.39 is 0 Å². The van der Waals surface area contributed by atoms with Crippen molar-refractivity contribution in [2.24, 2.45) is 21.6 Å². The zero-order chi connectivity index (χ0) is 34.1. The second-order valence-corrected chi connectivity index (χ2v) is 12.0. The Morgan fingerprint density at radius 1 is 1.07 bits per heavy atom. The number of aryl methyl sites for hydroxylation is 1. The van der Waals surface area contributed by atoms with Gasteiger partial charge in [-0.25, -0.2) is 4.39 Å². The van der Waals surface area contributed by atoms with E-state index in [1.165, 1.54) is 56.4 Å². The number of terminal acetylenes is 1. The largest absolute Gasteiger partial charge is 0.403 e. The van der Waals surface area contributed by atoms with Gasteiger partial charge >= 0.3 is 0 Å². The maximum Gasteiger partial charge on any atom is 0.126 e. The number of nitrogens with zero attached hydrogens (tertiary/aromatic N) is 1. The van der Waals surface area contributed by atoms with Gasteiger partial charge in [-0.05, 0) is 120 Å². The highest BCUT2D eigenvalue weighted by Crippen LogP contribution is 2.60. The minimum absolute atomic E-state index is 0.188. The third kappa shape index (κ3) is 11.9. The summed E-state index contributed by atoms with van der Waals surface area (Å²) in [6.45, 7) is 34.7. The summed E-state index contributed by atoms with van der Waals surface area (Å²) < 4.78 is 13.2. The zero-order valence-corrected chi connectivity index (χ0v) is 29.4. The molecule has 244 valence electrons. The van der Waals surface area contributed by atoms with Crippen molar-refractivity contribution >= 4 is 5.71 Å². The Bertz CT molecular complexity index is 1200. The fraction of sp³-hybridized carbons (Fsp3) is 0.513. The van der Waals surface area contributed by atoms with Crippen LogP contribution in [0.2, 0.25) is 0 Å². The molecule has 4 nitrogen and oxygen atoms in total. The van der Waals surface area contributed by atoms with Crippen molar-refractivity contribution in [1.29, 1.82) is 0 Å². The number of halogens is 1. The van der Waals surface area contributed by atoms with Crippen molar-refractivity contribution in [3.63, 3.8) is 0 Å². The first-order valence-electron chi connectivity index (χ1n) is 16.0. The smallest absolute Gasteiger partial charge is 0.126 e. The first-order chi connectivity index (χ1) is 20.7. The molecule has 0 spiro atoms. The topological polar surface area (TPSA) is 62.4 Å². The Morgan fingerprint density at radius 2 is 1.59 bits per heavy atom. The Labute approximate surface area is 270 Å². The van der Waals surface area contributed by atoms with Crippen LogP contribution < -0.4 is 16.4 Å². The monoisotopic (exact) mass is 604 g/mol. The number of fused-ring (bicyclic) bond motifs is 3. The molecular weight excluding hydrogens is 543 g/mol. The molecular formula is C39H61FN4. The average molecular weight is 605 g/mol. The van der Waals surface area contributed by atoms with Crippen molar-refractivity contribution in [2.75, 3.05) is 0 Å². The normalized spacial score (nSPS) is 20.9. The zero-order valence-electron chi connectivity index (χ0n) is 29.4. The van der Waals surface area contributed by atoms with Crippen LogP contribution in [0.4, 0.5) is 4.39 Å². The summed E-state index contributed by atoms with van der Waals surface area (Å²) in [5.74, 6) is 2.06. The lowest BCUT2D eigenvalue weighted by Gasteiger charge is -2.56. The number of benzene rings is 1. The highest BCUT2D eigenvalue weighted by molar-refractivity contribution is 5.99. The molecule has 0 heterocycles. The summed E-state index contributed by atoms with van der Waals surface area (Å²) in [5.41, 5.74) is 13.8. The van der Waals surface area contributed by atoms with Crippen LogP contribution >= 0.6 is 0 Å². The van der Waals surface area contributed by atoms with Crippen LogP contribution in [0.15, 0.2) is 83.9 Å². The lowest BCUT2D eigenvalue weighted by molar-refractivity contribution is -0.00663. The van der Waals surface area contributed by atoms with Crippen molar-refractivity contribution in [2.45, 2.75) is 120 Å². The SMILES string of the molecule is C#CC.C=C(C)C(=C)NC(C)C12CCC(C(=C)C)(CC1)CC2.C=C(NCc1ccc(F)c(C)c1)C(CC)=N/C(C)=C/N.CC. The van der Waals surface area contributed by atoms with Gasteiger partial charge < -0.3 is 16.4 Å². The first kappa shape index (κ1) is 40.5. The molecule has 1 aromatic carbocycles. The van der Waals surface area contributed by atoms with Gasteiger partial charge in [-0.2, -0.15) is 0 Å². The van der Waals surface area contributed by atoms with E-state index in [0.29, 0.717) is 29.0 Å². The lowest BCUT2D eigenvalue weighted by Crippen LogP contribution is -2.51. The maximum atomic E-state index is 13.2. The highest BCUT2D eigenvalue weighted by atomic mass is 19.1. The van der Waals surface area contributed by atoms with E-state index in [0.717, 1.165) is 40.4 Å². The van der Waals surface area contributed by atoms with Crippen molar-refractivity contribution in [1.82, 2.24) is 10.6 Å². The molecule has 44 heavy (non-hydrogen) atoms. The first-order valence-corrected chi connectivity index (χ1v) is 16.0. The van der Waals surface area contributed by atoms with Gasteiger partial charge in [0, 0.05) is 30.2 Å². The molecule has 2 bridgehead atoms. The molecule has 0 amide bonds. The standard InChI is InChI=1S/C18H29N.C16H22FN3.C3H4.C2H6/c1-13(2)15(5)19-16(6)18-10-7-17(8-11-18,9-12-18)14(3)4;1-5-16(20-12(3)9-18)13(4)19-10-14-6-7-15(17)11(2)8-14;1-3-2;1-2/h16,19H,1,3,5,7-12H2,2,4,6H3;6-9,19H,4-5,10,18H2,1-3H3;1H,2H3;1-2H3/b;12-9+,20-16?;;. The van der Waals surface area contributed by atoms with Crippen LogP contribution in [0.3, 0.4) is 0 Å². The van der Waals surface area contributed by atoms with E-state index in [1.807, 2.05) is 40.7 Å². The van der Waals surface area contributed by atoms with Crippen LogP contribution in [-0.2, 0) is 6.54 Å². The van der Waals surface area contributed by atoms with Crippen LogP contribution in [0.5, 0.6) is 0 Å². The molecule has 4 rings (SSSR count). The van der Waals surface area contributed by atoms with Crippen LogP contribution in [0.1, 0.15) is 111 Å². The predicted octanol–water partition coefficient (Wildman–Crippen LogP) is 10.0. The lowest BCUT2D eigenvalue weighted by atomic mass is 9.50. The van der Waals surface area contributed by atoms with Gasteiger partial charge in [0.25, 0.3) is 0 Å². The maximum absolute atomic E-state index is 13.2. The van der Waals surface area contributed by atoms with Crippen molar-refractivity contribution in [3.05, 3.63) is 95.9 Å². The number of nitrogens with one attached hydrogen (secondary N) is 2. The molecule has 5 heteroatoms. The number of aliphatic imine (C=N–C) groups is 1. The second-order valence-electron chi connectivity index (χ2n) is 12.0. The number of allylic oxidation sites excluding steroid dienone is 4. The van der Waals surface area contributed by atoms with E-state index in [-0.39, 0.29) is 5.82 Å². The van der Waals surface area contributed by atoms with Crippen molar-refractivity contribution in [3.8, 4) is 12.3 Å². The van der Waals surface area contributed by atoms with Crippen molar-refractivity contribution < 1.29 is 4.39 Å². The Kier molecular flexibility index (Phi) is 18.1. The van der Waals surface area contributed by atoms with Crippen LogP contribution in [0, 0.1) is 35.9 Å². The summed E-state index contributed by atoms with van der Waals surface area (Å²) >= 11 is 0. The molecule has 0 saturated heterocycles. The average Bonchev–Trinajstić information content (AvgIpc) is 3.02. The van der Waals surface area contributed by atoms with E-state index in [1.54, 1.807) is 19.9 Å². The summed E-state index contributed by atoms with van der Waals surface area (Å²) in [6.07, 6.45) is 14.8. The predicted molar refractivity (Wildman–Crippen MR) is 193 cm³/mol. The molecule has 3 saturated carbocycles. The molecule has 0 radical (unpaired) electrons. The molecule has 0 aromatic heterocycles. The Hall–Kier alpha value is -3.52. The van der Waals surface area contributed by atoms with Gasteiger partial charge in [0.1, 0.15) is 5.82 Å². The van der Waals surface area contributed by atoms with E-state index in [2.05, 4.69) is 68.1 Å². The number of rotatable bonds is 11. The molecule has 3 aliphatic rings. The van der Waals surface area contributed by atoms with Gasteiger partial charge in [-0.15, -0.1) is 12.3 Å². The third-order valence-corrected chi connectivity index (χ3v) is 9.00. The van der Waals surface area contributed by atoms with Gasteiger partial charge in [0.15, 0.2) is 0 Å².